The molecule has 2 aliphatic rings. The van der Waals surface area contributed by atoms with Crippen LogP contribution in [0.5, 0.6) is 0 Å². The summed E-state index contributed by atoms with van der Waals surface area (Å²) in [6.07, 6.45) is 5.21. The number of hydrogen-bond donors (Lipinski definition) is 2. The van der Waals surface area contributed by atoms with Crippen LogP contribution in [0.15, 0.2) is 24.3 Å². The highest BCUT2D eigenvalue weighted by atomic mass is 14.9. The minimum Gasteiger partial charge on any atom is -0.358 e. The molecule has 0 unspecified atom stereocenters. The van der Waals surface area contributed by atoms with E-state index in [2.05, 4.69) is 34.6 Å². The van der Waals surface area contributed by atoms with E-state index in [0.29, 0.717) is 5.41 Å². The van der Waals surface area contributed by atoms with E-state index >= 15 is 0 Å². The van der Waals surface area contributed by atoms with Gasteiger partial charge >= 0.3 is 0 Å². The minimum absolute atomic E-state index is 0.458. The van der Waals surface area contributed by atoms with Gasteiger partial charge < -0.3 is 10.3 Å². The van der Waals surface area contributed by atoms with Crippen molar-refractivity contribution in [1.29, 1.82) is 0 Å². The fourth-order valence-electron chi connectivity index (χ4n) is 3.81. The van der Waals surface area contributed by atoms with Gasteiger partial charge in [-0.25, -0.2) is 0 Å². The summed E-state index contributed by atoms with van der Waals surface area (Å²) in [7, 11) is 0. The first-order valence-electron chi connectivity index (χ1n) is 6.70. The van der Waals surface area contributed by atoms with Gasteiger partial charge in [0.2, 0.25) is 0 Å². The molecule has 2 heterocycles. The van der Waals surface area contributed by atoms with Crippen LogP contribution in [0.4, 0.5) is 0 Å². The molecule has 0 saturated carbocycles. The summed E-state index contributed by atoms with van der Waals surface area (Å²) in [4.78, 5) is 3.71. The van der Waals surface area contributed by atoms with Gasteiger partial charge in [0.1, 0.15) is 0 Å². The van der Waals surface area contributed by atoms with Crippen molar-refractivity contribution >= 4 is 10.9 Å². The van der Waals surface area contributed by atoms with Gasteiger partial charge in [-0.15, -0.1) is 0 Å². The molecule has 2 aromatic rings. The lowest BCUT2D eigenvalue weighted by Gasteiger charge is -2.34. The Bertz CT molecular complexity index is 561. The highest BCUT2D eigenvalue weighted by Gasteiger charge is 2.41. The third-order valence-corrected chi connectivity index (χ3v) is 4.76. The van der Waals surface area contributed by atoms with Gasteiger partial charge in [0.25, 0.3) is 0 Å². The first kappa shape index (κ1) is 9.72. The molecule has 1 spiro atoms. The third-order valence-electron chi connectivity index (χ3n) is 4.76. The number of piperidine rings is 1. The summed E-state index contributed by atoms with van der Waals surface area (Å²) in [6, 6.07) is 8.76. The molecule has 0 bridgehead atoms. The predicted molar refractivity (Wildman–Crippen MR) is 70.4 cm³/mol. The number of H-pyrrole nitrogens is 1. The lowest BCUT2D eigenvalue weighted by molar-refractivity contribution is 0.301. The Balaban J connectivity index is 1.92. The van der Waals surface area contributed by atoms with E-state index in [1.54, 1.807) is 11.3 Å². The zero-order valence-corrected chi connectivity index (χ0v) is 10.1. The van der Waals surface area contributed by atoms with Crippen LogP contribution < -0.4 is 5.32 Å². The molecule has 88 valence electrons. The Morgan fingerprint density at radius 1 is 1.00 bits per heavy atom. The highest BCUT2D eigenvalue weighted by Crippen LogP contribution is 2.46. The smallest absolute Gasteiger partial charge is 0.0459 e. The first-order chi connectivity index (χ1) is 8.39. The van der Waals surface area contributed by atoms with Gasteiger partial charge in [-0.1, -0.05) is 18.2 Å². The molecule has 17 heavy (non-hydrogen) atoms. The summed E-state index contributed by atoms with van der Waals surface area (Å²) < 4.78 is 0. The molecule has 4 rings (SSSR count). The Kier molecular flexibility index (Phi) is 1.92. The monoisotopic (exact) mass is 226 g/mol. The molecule has 1 saturated heterocycles. The van der Waals surface area contributed by atoms with E-state index in [0.717, 1.165) is 0 Å². The van der Waals surface area contributed by atoms with Crippen molar-refractivity contribution in [2.75, 3.05) is 13.1 Å². The number of rotatable bonds is 0. The van der Waals surface area contributed by atoms with Crippen LogP contribution >= 0.6 is 0 Å². The zero-order valence-electron chi connectivity index (χ0n) is 10.1. The summed E-state index contributed by atoms with van der Waals surface area (Å²) >= 11 is 0. The molecule has 2 nitrogen and oxygen atoms in total. The van der Waals surface area contributed by atoms with E-state index in [1.165, 1.54) is 49.7 Å². The van der Waals surface area contributed by atoms with Crippen molar-refractivity contribution in [3.05, 3.63) is 35.5 Å². The van der Waals surface area contributed by atoms with Gasteiger partial charge in [0.05, 0.1) is 0 Å². The van der Waals surface area contributed by atoms with Crippen LogP contribution in [-0.4, -0.2) is 18.1 Å². The molecule has 1 fully saturated rings. The Morgan fingerprint density at radius 2 is 1.82 bits per heavy atom. The number of benzene rings is 1. The molecule has 2 N–H and O–H groups in total. The van der Waals surface area contributed by atoms with Gasteiger partial charge in [0, 0.05) is 22.0 Å². The second-order valence-corrected chi connectivity index (χ2v) is 5.55. The summed E-state index contributed by atoms with van der Waals surface area (Å²) in [5.41, 5.74) is 4.94. The molecular formula is C15H18N2. The van der Waals surface area contributed by atoms with Crippen molar-refractivity contribution in [2.24, 2.45) is 0 Å². The lowest BCUT2D eigenvalue weighted by atomic mass is 9.77. The molecule has 0 atom stereocenters. The molecule has 0 radical (unpaired) electrons. The third kappa shape index (κ3) is 1.25. The van der Waals surface area contributed by atoms with Crippen LogP contribution in [0, 0.1) is 0 Å². The maximum absolute atomic E-state index is 3.71. The van der Waals surface area contributed by atoms with Crippen molar-refractivity contribution < 1.29 is 0 Å². The Hall–Kier alpha value is -1.28. The van der Waals surface area contributed by atoms with Crippen molar-refractivity contribution in [3.63, 3.8) is 0 Å². The Morgan fingerprint density at radius 3 is 2.71 bits per heavy atom. The molecule has 1 aliphatic carbocycles. The molecule has 2 heteroatoms. The van der Waals surface area contributed by atoms with Gasteiger partial charge in [0.15, 0.2) is 0 Å². The van der Waals surface area contributed by atoms with Crippen LogP contribution in [0.3, 0.4) is 0 Å². The highest BCUT2D eigenvalue weighted by molar-refractivity contribution is 5.85. The fraction of sp³-hybridized carbons (Fsp3) is 0.467. The normalized spacial score (nSPS) is 22.1. The number of aromatic nitrogens is 1. The zero-order chi connectivity index (χ0) is 11.3. The number of hydrogen-bond acceptors (Lipinski definition) is 1. The topological polar surface area (TPSA) is 27.8 Å². The van der Waals surface area contributed by atoms with E-state index in [9.17, 15) is 0 Å². The SMILES string of the molecule is c1ccc2c3c([nH]c2c1)C1(CCNCC1)CC3. The molecule has 1 aromatic heterocycles. The summed E-state index contributed by atoms with van der Waals surface area (Å²) in [5.74, 6) is 0. The number of aryl methyl sites for hydroxylation is 1. The number of aromatic amines is 1. The Labute approximate surface area is 101 Å². The number of nitrogens with one attached hydrogen (secondary N) is 2. The van der Waals surface area contributed by atoms with Crippen molar-refractivity contribution in [3.8, 4) is 0 Å². The lowest BCUT2D eigenvalue weighted by Crippen LogP contribution is -2.38. The number of fused-ring (bicyclic) bond motifs is 4. The van der Waals surface area contributed by atoms with Crippen LogP contribution in [0.25, 0.3) is 10.9 Å². The fourth-order valence-corrected chi connectivity index (χ4v) is 3.81. The second kappa shape index (κ2) is 3.36. The van der Waals surface area contributed by atoms with Crippen LogP contribution in [-0.2, 0) is 11.8 Å². The maximum atomic E-state index is 3.71. The summed E-state index contributed by atoms with van der Waals surface area (Å²) in [5, 5.41) is 4.94. The van der Waals surface area contributed by atoms with Crippen molar-refractivity contribution in [1.82, 2.24) is 10.3 Å². The first-order valence-corrected chi connectivity index (χ1v) is 6.70. The van der Waals surface area contributed by atoms with Crippen LogP contribution in [0.2, 0.25) is 0 Å². The van der Waals surface area contributed by atoms with E-state index in [4.69, 9.17) is 0 Å². The average molecular weight is 226 g/mol. The summed E-state index contributed by atoms with van der Waals surface area (Å²) in [6.45, 7) is 2.35. The maximum Gasteiger partial charge on any atom is 0.0459 e. The van der Waals surface area contributed by atoms with Gasteiger partial charge in [-0.05, 0) is 50.4 Å². The van der Waals surface area contributed by atoms with E-state index in [-0.39, 0.29) is 0 Å². The number of para-hydroxylation sites is 1. The molecular weight excluding hydrogens is 208 g/mol. The standard InChI is InChI=1S/C15H18N2/c1-2-4-13-11(3-1)12-5-6-15(14(12)17-13)7-9-16-10-8-15/h1-4,16-17H,5-10H2. The van der Waals surface area contributed by atoms with Crippen LogP contribution in [0.1, 0.15) is 30.5 Å². The molecule has 1 aromatic carbocycles. The van der Waals surface area contributed by atoms with Gasteiger partial charge in [-0.3, -0.25) is 0 Å². The van der Waals surface area contributed by atoms with E-state index in [1.807, 2.05) is 0 Å². The quantitative estimate of drug-likeness (QED) is 0.710. The molecule has 0 amide bonds. The average Bonchev–Trinajstić information content (AvgIpc) is 2.90. The largest absolute Gasteiger partial charge is 0.358 e. The van der Waals surface area contributed by atoms with Crippen molar-refractivity contribution in [2.45, 2.75) is 31.1 Å². The predicted octanol–water partition coefficient (Wildman–Crippen LogP) is 2.74. The van der Waals surface area contributed by atoms with E-state index < -0.39 is 0 Å². The minimum atomic E-state index is 0.458. The molecule has 1 aliphatic heterocycles. The second-order valence-electron chi connectivity index (χ2n) is 5.55. The van der Waals surface area contributed by atoms with Gasteiger partial charge in [-0.2, -0.15) is 0 Å².